The summed E-state index contributed by atoms with van der Waals surface area (Å²) in [6.07, 6.45) is 0. The van der Waals surface area contributed by atoms with Gasteiger partial charge >= 0.3 is 5.97 Å². The molecule has 0 saturated heterocycles. The van der Waals surface area contributed by atoms with Crippen LogP contribution in [0.1, 0.15) is 10.4 Å². The molecule has 0 heterocycles. The van der Waals surface area contributed by atoms with Gasteiger partial charge in [-0.25, -0.2) is 9.18 Å². The number of hydrogen-bond acceptors (Lipinski definition) is 2. The van der Waals surface area contributed by atoms with Crippen molar-refractivity contribution in [3.05, 3.63) is 35.6 Å². The van der Waals surface area contributed by atoms with Gasteiger partial charge in [0.2, 0.25) is 0 Å². The highest BCUT2D eigenvalue weighted by molar-refractivity contribution is 6.39. The molecule has 0 bridgehead atoms. The third kappa shape index (κ3) is 1.66. The maximum absolute atomic E-state index is 12.3. The summed E-state index contributed by atoms with van der Waals surface area (Å²) in [6, 6.07) is 4.34. The second-order valence-corrected chi connectivity index (χ2v) is 2.14. The number of benzene rings is 1. The van der Waals surface area contributed by atoms with E-state index in [1.807, 2.05) is 0 Å². The first-order valence-corrected chi connectivity index (χ1v) is 3.14. The average Bonchev–Trinajstić information content (AvgIpc) is 2.04. The predicted octanol–water partition coefficient (Wildman–Crippen LogP) is 1.09. The van der Waals surface area contributed by atoms with Crippen molar-refractivity contribution in [1.82, 2.24) is 0 Å². The minimum absolute atomic E-state index is 0.0242. The van der Waals surface area contributed by atoms with Crippen molar-refractivity contribution in [3.63, 3.8) is 0 Å². The topological polar surface area (TPSA) is 54.4 Å². The number of Topliss-reactive ketones (excluding diaryl/α,β-unsaturated/α-hetero) is 1. The van der Waals surface area contributed by atoms with Crippen molar-refractivity contribution in [2.75, 3.05) is 0 Å². The Morgan fingerprint density at radius 1 is 1.17 bits per heavy atom. The van der Waals surface area contributed by atoms with Gasteiger partial charge in [-0.15, -0.1) is 0 Å². The number of ketones is 1. The fourth-order valence-electron chi connectivity index (χ4n) is 0.725. The summed E-state index contributed by atoms with van der Waals surface area (Å²) in [5.74, 6) is -3.08. The van der Waals surface area contributed by atoms with Gasteiger partial charge in [-0.2, -0.15) is 0 Å². The first-order chi connectivity index (χ1) is 5.61. The van der Waals surface area contributed by atoms with Crippen LogP contribution >= 0.6 is 0 Å². The van der Waals surface area contributed by atoms with E-state index >= 15 is 0 Å². The molecule has 0 aliphatic heterocycles. The Morgan fingerprint density at radius 2 is 1.67 bits per heavy atom. The van der Waals surface area contributed by atoms with Gasteiger partial charge in [-0.3, -0.25) is 4.79 Å². The summed E-state index contributed by atoms with van der Waals surface area (Å²) in [6.45, 7) is 0. The van der Waals surface area contributed by atoms with Gasteiger partial charge in [0.25, 0.3) is 5.78 Å². The van der Waals surface area contributed by atoms with Gasteiger partial charge in [-0.05, 0) is 24.3 Å². The van der Waals surface area contributed by atoms with Gasteiger partial charge in [0.05, 0.1) is 0 Å². The van der Waals surface area contributed by atoms with Crippen LogP contribution in [0.2, 0.25) is 0 Å². The van der Waals surface area contributed by atoms with E-state index < -0.39 is 17.6 Å². The van der Waals surface area contributed by atoms with Crippen LogP contribution in [0.5, 0.6) is 0 Å². The van der Waals surface area contributed by atoms with Crippen molar-refractivity contribution in [1.29, 1.82) is 0 Å². The second-order valence-electron chi connectivity index (χ2n) is 2.14. The molecule has 4 heteroatoms. The number of rotatable bonds is 2. The fourth-order valence-corrected chi connectivity index (χ4v) is 0.725. The predicted molar refractivity (Wildman–Crippen MR) is 38.4 cm³/mol. The number of hydrogen-bond donors (Lipinski definition) is 1. The number of carbonyl (C=O) groups is 2. The Bertz CT molecular complexity index is 316. The SMILES string of the molecule is O=C(O)[13C](=O)c1ccc(F)cc1. The molecule has 0 atom stereocenters. The lowest BCUT2D eigenvalue weighted by Crippen LogP contribution is -2.12. The summed E-state index contributed by atoms with van der Waals surface area (Å²) in [5.41, 5.74) is -0.0242. The quantitative estimate of drug-likeness (QED) is 0.409. The van der Waals surface area contributed by atoms with Crippen molar-refractivity contribution in [2.45, 2.75) is 0 Å². The molecule has 1 aromatic carbocycles. The normalized spacial score (nSPS) is 9.42. The zero-order valence-electron chi connectivity index (χ0n) is 5.95. The van der Waals surface area contributed by atoms with Crippen LogP contribution < -0.4 is 0 Å². The lowest BCUT2D eigenvalue weighted by molar-refractivity contribution is -0.131. The van der Waals surface area contributed by atoms with Crippen LogP contribution in [0.3, 0.4) is 0 Å². The number of carboxylic acids is 1. The number of halogens is 1. The minimum atomic E-state index is -1.54. The van der Waals surface area contributed by atoms with Crippen LogP contribution in [0.15, 0.2) is 24.3 Å². The molecular weight excluding hydrogens is 164 g/mol. The Labute approximate surface area is 67.4 Å². The van der Waals surface area contributed by atoms with Crippen molar-refractivity contribution in [2.24, 2.45) is 0 Å². The van der Waals surface area contributed by atoms with E-state index in [0.717, 1.165) is 24.3 Å². The lowest BCUT2D eigenvalue weighted by Gasteiger charge is -1.93. The maximum atomic E-state index is 12.3. The number of aliphatic carboxylic acids is 1. The minimum Gasteiger partial charge on any atom is -0.475 e. The summed E-state index contributed by atoms with van der Waals surface area (Å²) >= 11 is 0. The maximum Gasteiger partial charge on any atom is 0.377 e. The van der Waals surface area contributed by atoms with Gasteiger partial charge in [0.15, 0.2) is 0 Å². The first-order valence-electron chi connectivity index (χ1n) is 3.14. The van der Waals surface area contributed by atoms with Crippen LogP contribution in [-0.4, -0.2) is 16.9 Å². The van der Waals surface area contributed by atoms with Gasteiger partial charge < -0.3 is 5.11 Å². The van der Waals surface area contributed by atoms with Crippen LogP contribution in [-0.2, 0) is 4.79 Å². The molecule has 0 spiro atoms. The van der Waals surface area contributed by atoms with Crippen molar-refractivity contribution < 1.29 is 19.1 Å². The number of carbonyl (C=O) groups excluding carboxylic acids is 1. The molecule has 0 amide bonds. The largest absolute Gasteiger partial charge is 0.475 e. The van der Waals surface area contributed by atoms with Crippen LogP contribution in [0, 0.1) is 5.82 Å². The molecule has 0 radical (unpaired) electrons. The van der Waals surface area contributed by atoms with Crippen molar-refractivity contribution >= 4 is 11.8 Å². The Kier molecular flexibility index (Phi) is 2.19. The monoisotopic (exact) mass is 169 g/mol. The Morgan fingerprint density at radius 3 is 2.08 bits per heavy atom. The highest BCUT2D eigenvalue weighted by Gasteiger charge is 2.13. The lowest BCUT2D eigenvalue weighted by atomic mass is 10.3. The molecule has 1 N–H and O–H groups in total. The molecule has 12 heavy (non-hydrogen) atoms. The van der Waals surface area contributed by atoms with Gasteiger partial charge in [0.1, 0.15) is 5.82 Å². The molecule has 0 aromatic heterocycles. The molecular formula is C8H5FO3. The first kappa shape index (κ1) is 8.39. The van der Waals surface area contributed by atoms with E-state index in [1.165, 1.54) is 0 Å². The zero-order valence-corrected chi connectivity index (χ0v) is 5.95. The average molecular weight is 169 g/mol. The van der Waals surface area contributed by atoms with E-state index in [4.69, 9.17) is 5.11 Å². The molecule has 62 valence electrons. The number of carboxylic acid groups (broad SMARTS) is 1. The van der Waals surface area contributed by atoms with Gasteiger partial charge in [-0.1, -0.05) is 0 Å². The fraction of sp³-hybridized carbons (Fsp3) is 0. The van der Waals surface area contributed by atoms with E-state index in [9.17, 15) is 14.0 Å². The molecule has 0 saturated carbocycles. The van der Waals surface area contributed by atoms with E-state index in [2.05, 4.69) is 0 Å². The second kappa shape index (κ2) is 3.13. The highest BCUT2D eigenvalue weighted by Crippen LogP contribution is 2.03. The Hall–Kier alpha value is -1.71. The molecule has 1 rings (SSSR count). The van der Waals surface area contributed by atoms with E-state index in [1.54, 1.807) is 0 Å². The smallest absolute Gasteiger partial charge is 0.377 e. The summed E-state index contributed by atoms with van der Waals surface area (Å²) in [4.78, 5) is 20.9. The third-order valence-electron chi connectivity index (χ3n) is 1.30. The molecule has 3 nitrogen and oxygen atoms in total. The van der Waals surface area contributed by atoms with E-state index in [-0.39, 0.29) is 5.56 Å². The van der Waals surface area contributed by atoms with Gasteiger partial charge in [0, 0.05) is 5.56 Å². The van der Waals surface area contributed by atoms with Crippen LogP contribution in [0.4, 0.5) is 4.39 Å². The summed E-state index contributed by atoms with van der Waals surface area (Å²) in [5, 5.41) is 8.26. The molecule has 0 unspecified atom stereocenters. The molecule has 1 aromatic rings. The van der Waals surface area contributed by atoms with Crippen molar-refractivity contribution in [3.8, 4) is 0 Å². The molecule has 0 fully saturated rings. The standard InChI is InChI=1S/C8H5FO3/c9-6-3-1-5(2-4-6)7(10)8(11)12/h1-4H,(H,11,12)/i7+1. The van der Waals surface area contributed by atoms with E-state index in [0.29, 0.717) is 0 Å². The molecule has 0 aliphatic rings. The zero-order chi connectivity index (χ0) is 9.14. The third-order valence-corrected chi connectivity index (χ3v) is 1.30. The highest BCUT2D eigenvalue weighted by atomic mass is 19.1. The molecule has 0 aliphatic carbocycles. The van der Waals surface area contributed by atoms with Crippen LogP contribution in [0.25, 0.3) is 0 Å². The Balaban J connectivity index is 2.98. The summed E-state index contributed by atoms with van der Waals surface area (Å²) in [7, 11) is 0. The summed E-state index contributed by atoms with van der Waals surface area (Å²) < 4.78 is 12.3.